The summed E-state index contributed by atoms with van der Waals surface area (Å²) in [5, 5.41) is 1.80. The van der Waals surface area contributed by atoms with Crippen LogP contribution in [0.1, 0.15) is 44.9 Å². The molecule has 0 saturated carbocycles. The topological polar surface area (TPSA) is 113 Å². The van der Waals surface area contributed by atoms with Crippen molar-refractivity contribution >= 4 is 46.0 Å². The molecule has 0 spiro atoms. The fraction of sp³-hybridized carbons (Fsp3) is 0.333. The summed E-state index contributed by atoms with van der Waals surface area (Å²) in [4.78, 5) is 55.7. The third-order valence-corrected chi connectivity index (χ3v) is 8.49. The van der Waals surface area contributed by atoms with E-state index >= 15 is 4.39 Å². The number of aryl methyl sites for hydroxylation is 1. The molecule has 2 amide bonds. The average Bonchev–Trinajstić information content (AvgIpc) is 3.01. The van der Waals surface area contributed by atoms with Gasteiger partial charge in [0.15, 0.2) is 5.65 Å². The second-order valence-electron chi connectivity index (χ2n) is 11.9. The van der Waals surface area contributed by atoms with Crippen LogP contribution in [0.4, 0.5) is 29.1 Å². The Balaban J connectivity index is 1.84. The van der Waals surface area contributed by atoms with Gasteiger partial charge >= 0.3 is 17.8 Å². The number of hydrogen-bond donors (Lipinski definition) is 1. The normalized spacial score (nSPS) is 16.8. The smallest absolute Gasteiger partial charge is 0.349 e. The number of rotatable bonds is 6. The Kier molecular flexibility index (Phi) is 9.33. The maximum Gasteiger partial charge on any atom is 0.471 e. The van der Waals surface area contributed by atoms with Crippen molar-refractivity contribution < 1.29 is 27.2 Å². The van der Waals surface area contributed by atoms with Gasteiger partial charge in [0.25, 0.3) is 0 Å². The predicted molar refractivity (Wildman–Crippen MR) is 175 cm³/mol. The number of amides is 2. The maximum absolute atomic E-state index is 15.5. The number of alkyl halides is 3. The second kappa shape index (κ2) is 13.0. The van der Waals surface area contributed by atoms with Gasteiger partial charge < -0.3 is 15.1 Å². The van der Waals surface area contributed by atoms with E-state index < -0.39 is 34.8 Å². The number of fused-ring (bicyclic) bond motifs is 1. The van der Waals surface area contributed by atoms with E-state index in [0.717, 1.165) is 18.2 Å². The van der Waals surface area contributed by atoms with E-state index in [-0.39, 0.29) is 64.6 Å². The van der Waals surface area contributed by atoms with E-state index in [1.54, 1.807) is 29.4 Å². The lowest BCUT2D eigenvalue weighted by Gasteiger charge is -2.44. The zero-order valence-corrected chi connectivity index (χ0v) is 27.4. The highest BCUT2D eigenvalue weighted by Gasteiger charge is 2.39. The molecule has 4 heterocycles. The highest BCUT2D eigenvalue weighted by molar-refractivity contribution is 6.34. The zero-order valence-electron chi connectivity index (χ0n) is 26.7. The number of hydrogen-bond acceptors (Lipinski definition) is 7. The number of carbonyl (C=O) groups excluding carboxylic acids is 2. The van der Waals surface area contributed by atoms with E-state index in [4.69, 9.17) is 11.6 Å². The Morgan fingerprint density at radius 3 is 2.48 bits per heavy atom. The van der Waals surface area contributed by atoms with E-state index in [9.17, 15) is 27.6 Å². The molecule has 0 radical (unpaired) electrons. The Morgan fingerprint density at radius 1 is 1.12 bits per heavy atom. The highest BCUT2D eigenvalue weighted by atomic mass is 35.5. The minimum Gasteiger partial charge on any atom is -0.349 e. The average molecular weight is 686 g/mol. The number of anilines is 2. The van der Waals surface area contributed by atoms with Crippen molar-refractivity contribution in [1.82, 2.24) is 24.4 Å². The molecule has 0 bridgehead atoms. The molecule has 1 saturated heterocycles. The molecule has 4 aromatic rings. The van der Waals surface area contributed by atoms with Gasteiger partial charge in [0.1, 0.15) is 11.6 Å². The second-order valence-corrected chi connectivity index (χ2v) is 12.3. The molecule has 1 aliphatic rings. The summed E-state index contributed by atoms with van der Waals surface area (Å²) < 4.78 is 56.4. The van der Waals surface area contributed by atoms with Gasteiger partial charge in [-0.15, -0.1) is 0 Å². The standard InChI is InChI=1S/C33H32ClF4N7O3/c1-7-24(46)43-14-19(6)44(15-18(43)5)29-20-13-21(34)27(25-22(35)9-8-10-23(25)40-31(47)33(36,37)38)41-30(20)45(32(48)42-29)28-17(4)11-12-39-26(28)16(2)3/h7-13,16,18-19H,1,14-15H2,2-6H3,(H,40,47)/t18-,19+/m1/s1. The van der Waals surface area contributed by atoms with Gasteiger partial charge in [0.05, 0.1) is 38.7 Å². The molecule has 48 heavy (non-hydrogen) atoms. The molecule has 5 rings (SSSR count). The van der Waals surface area contributed by atoms with Crippen LogP contribution in [0.25, 0.3) is 28.0 Å². The molecule has 1 N–H and O–H groups in total. The third kappa shape index (κ3) is 6.23. The number of nitrogens with zero attached hydrogens (tertiary/aromatic N) is 6. The van der Waals surface area contributed by atoms with Crippen molar-refractivity contribution in [1.29, 1.82) is 0 Å². The molecule has 1 aliphatic heterocycles. The van der Waals surface area contributed by atoms with Crippen molar-refractivity contribution in [2.75, 3.05) is 23.3 Å². The number of benzene rings is 1. The van der Waals surface area contributed by atoms with Gasteiger partial charge in [-0.25, -0.2) is 18.7 Å². The van der Waals surface area contributed by atoms with Crippen molar-refractivity contribution in [3.63, 3.8) is 0 Å². The first-order valence-electron chi connectivity index (χ1n) is 15.0. The van der Waals surface area contributed by atoms with Gasteiger partial charge in [-0.3, -0.25) is 14.6 Å². The van der Waals surface area contributed by atoms with Crippen molar-refractivity contribution in [2.45, 2.75) is 58.8 Å². The first kappa shape index (κ1) is 34.5. The van der Waals surface area contributed by atoms with E-state index in [1.165, 1.54) is 16.7 Å². The van der Waals surface area contributed by atoms with Crippen molar-refractivity contribution in [3.8, 4) is 16.9 Å². The van der Waals surface area contributed by atoms with Crippen LogP contribution in [0.15, 0.2) is 54.0 Å². The molecule has 10 nitrogen and oxygen atoms in total. The molecular weight excluding hydrogens is 654 g/mol. The Morgan fingerprint density at radius 2 is 1.83 bits per heavy atom. The lowest BCUT2D eigenvalue weighted by molar-refractivity contribution is -0.167. The van der Waals surface area contributed by atoms with Crippen molar-refractivity contribution in [2.24, 2.45) is 0 Å². The number of pyridine rings is 2. The first-order chi connectivity index (χ1) is 22.5. The number of aromatic nitrogens is 4. The summed E-state index contributed by atoms with van der Waals surface area (Å²) in [7, 11) is 0. The summed E-state index contributed by atoms with van der Waals surface area (Å²) in [5.74, 6) is -3.55. The molecule has 0 aliphatic carbocycles. The number of nitrogens with one attached hydrogen (secondary N) is 1. The van der Waals surface area contributed by atoms with Crippen molar-refractivity contribution in [3.05, 3.63) is 81.8 Å². The Labute approximate surface area is 278 Å². The van der Waals surface area contributed by atoms with E-state index in [2.05, 4.69) is 21.5 Å². The van der Waals surface area contributed by atoms with Gasteiger partial charge in [0, 0.05) is 31.4 Å². The van der Waals surface area contributed by atoms with E-state index in [0.29, 0.717) is 16.9 Å². The van der Waals surface area contributed by atoms with Crippen LogP contribution in [-0.2, 0) is 9.59 Å². The third-order valence-electron chi connectivity index (χ3n) is 8.20. The van der Waals surface area contributed by atoms with Crippen LogP contribution in [0.3, 0.4) is 0 Å². The van der Waals surface area contributed by atoms with Crippen LogP contribution < -0.4 is 15.9 Å². The van der Waals surface area contributed by atoms with Crippen LogP contribution in [0.5, 0.6) is 0 Å². The molecule has 252 valence electrons. The van der Waals surface area contributed by atoms with Gasteiger partial charge in [-0.1, -0.05) is 38.1 Å². The van der Waals surface area contributed by atoms with Crippen LogP contribution in [0.2, 0.25) is 5.02 Å². The fourth-order valence-electron chi connectivity index (χ4n) is 5.89. The monoisotopic (exact) mass is 685 g/mol. The lowest BCUT2D eigenvalue weighted by atomic mass is 10.0. The predicted octanol–water partition coefficient (Wildman–Crippen LogP) is 6.18. The SMILES string of the molecule is C=CC(=O)N1C[C@H](C)N(c2nc(=O)n(-c3c(C)ccnc3C(C)C)c3nc(-c4c(F)cccc4NC(=O)C(F)(F)F)c(Cl)cc23)C[C@H]1C. The van der Waals surface area contributed by atoms with Gasteiger partial charge in [-0.2, -0.15) is 18.2 Å². The van der Waals surface area contributed by atoms with Crippen LogP contribution in [0, 0.1) is 12.7 Å². The number of carbonyl (C=O) groups is 2. The Bertz CT molecular complexity index is 2010. The molecule has 2 atom stereocenters. The quantitative estimate of drug-likeness (QED) is 0.191. The summed E-state index contributed by atoms with van der Waals surface area (Å²) in [6, 6.07) is 5.68. The minimum atomic E-state index is -5.26. The molecule has 15 heteroatoms. The molecule has 0 unspecified atom stereocenters. The van der Waals surface area contributed by atoms with Crippen LogP contribution >= 0.6 is 11.6 Å². The Hall–Kier alpha value is -4.85. The zero-order chi connectivity index (χ0) is 35.2. The summed E-state index contributed by atoms with van der Waals surface area (Å²) in [6.07, 6.45) is -2.43. The number of halogens is 5. The molecular formula is C33H32ClF4N7O3. The summed E-state index contributed by atoms with van der Waals surface area (Å²) in [5.41, 5.74) is -0.570. The lowest BCUT2D eigenvalue weighted by Crippen LogP contribution is -2.58. The minimum absolute atomic E-state index is 0.0248. The molecule has 1 fully saturated rings. The maximum atomic E-state index is 15.5. The number of piperazine rings is 1. The molecule has 1 aromatic carbocycles. The largest absolute Gasteiger partial charge is 0.471 e. The molecule has 3 aromatic heterocycles. The van der Waals surface area contributed by atoms with Gasteiger partial charge in [0.2, 0.25) is 5.91 Å². The van der Waals surface area contributed by atoms with E-state index in [1.807, 2.05) is 32.6 Å². The van der Waals surface area contributed by atoms with Crippen LogP contribution in [-0.4, -0.2) is 67.6 Å². The fourth-order valence-corrected chi connectivity index (χ4v) is 6.14. The first-order valence-corrected chi connectivity index (χ1v) is 15.4. The van der Waals surface area contributed by atoms with Gasteiger partial charge in [-0.05, 0) is 62.6 Å². The highest BCUT2D eigenvalue weighted by Crippen LogP contribution is 2.39. The summed E-state index contributed by atoms with van der Waals surface area (Å²) >= 11 is 6.74. The summed E-state index contributed by atoms with van der Waals surface area (Å²) in [6.45, 7) is 13.4.